The third-order valence-corrected chi connectivity index (χ3v) is 5.92. The van der Waals surface area contributed by atoms with Crippen molar-refractivity contribution in [1.82, 2.24) is 0 Å². The molecule has 1 amide bonds. The molecular weight excluding hydrogens is 610 g/mol. The maximum Gasteiger partial charge on any atom is 0.349 e. The summed E-state index contributed by atoms with van der Waals surface area (Å²) in [6, 6.07) is 13.1. The molecule has 0 aliphatic rings. The summed E-state index contributed by atoms with van der Waals surface area (Å²) in [4.78, 5) is 75.1. The van der Waals surface area contributed by atoms with Crippen LogP contribution in [-0.2, 0) is 28.7 Å². The Hall–Kier alpha value is -6.12. The van der Waals surface area contributed by atoms with Crippen molar-refractivity contribution in [3.63, 3.8) is 0 Å². The van der Waals surface area contributed by atoms with Crippen LogP contribution in [0.4, 0.5) is 5.69 Å². The lowest BCUT2D eigenvalue weighted by Crippen LogP contribution is -2.48. The molecular formula is C31H29NO14. The predicted octanol–water partition coefficient (Wildman–Crippen LogP) is 3.04. The molecule has 15 heteroatoms. The first-order valence-electron chi connectivity index (χ1n) is 13.2. The molecule has 2 atom stereocenters. The van der Waals surface area contributed by atoms with Crippen LogP contribution in [0.3, 0.4) is 0 Å². The number of anilines is 1. The van der Waals surface area contributed by atoms with Crippen LogP contribution in [-0.4, -0.2) is 74.4 Å². The zero-order chi connectivity index (χ0) is 34.0. The molecule has 0 fully saturated rings. The van der Waals surface area contributed by atoms with Gasteiger partial charge in [0.1, 0.15) is 5.75 Å². The van der Waals surface area contributed by atoms with Crippen LogP contribution in [0.5, 0.6) is 28.7 Å². The number of rotatable bonds is 13. The van der Waals surface area contributed by atoms with E-state index in [0.717, 1.165) is 32.0 Å². The molecule has 0 saturated carbocycles. The van der Waals surface area contributed by atoms with Gasteiger partial charge in [-0.15, -0.1) is 0 Å². The lowest BCUT2D eigenvalue weighted by Gasteiger charge is -2.24. The molecule has 3 rings (SSSR count). The third kappa shape index (κ3) is 8.72. The summed E-state index contributed by atoms with van der Waals surface area (Å²) in [6.07, 6.45) is -4.65. The second kappa shape index (κ2) is 15.6. The number of para-hydroxylation sites is 2. The summed E-state index contributed by atoms with van der Waals surface area (Å²) in [5.41, 5.74) is -0.395. The lowest BCUT2D eigenvalue weighted by atomic mass is 10.1. The first kappa shape index (κ1) is 34.4. The first-order valence-corrected chi connectivity index (χ1v) is 13.2. The molecule has 0 unspecified atom stereocenters. The molecule has 0 aromatic heterocycles. The van der Waals surface area contributed by atoms with E-state index in [4.69, 9.17) is 33.2 Å². The highest BCUT2D eigenvalue weighted by atomic mass is 16.6. The van der Waals surface area contributed by atoms with Crippen molar-refractivity contribution in [3.05, 3.63) is 71.8 Å². The van der Waals surface area contributed by atoms with Crippen LogP contribution in [0.25, 0.3) is 0 Å². The lowest BCUT2D eigenvalue weighted by molar-refractivity contribution is -0.157. The van der Waals surface area contributed by atoms with Gasteiger partial charge in [-0.3, -0.25) is 14.4 Å². The van der Waals surface area contributed by atoms with Gasteiger partial charge in [-0.25, -0.2) is 14.4 Å². The van der Waals surface area contributed by atoms with E-state index in [0.29, 0.717) is 0 Å². The molecule has 0 heterocycles. The summed E-state index contributed by atoms with van der Waals surface area (Å²) in [6.45, 7) is 2.31. The number of benzene rings is 3. The van der Waals surface area contributed by atoms with Crippen molar-refractivity contribution in [2.75, 3.05) is 26.6 Å². The summed E-state index contributed by atoms with van der Waals surface area (Å²) in [5.74, 6) is -6.79. The number of carboxylic acid groups (broad SMARTS) is 1. The van der Waals surface area contributed by atoms with Gasteiger partial charge in [-0.1, -0.05) is 12.1 Å². The fourth-order valence-corrected chi connectivity index (χ4v) is 3.88. The largest absolute Gasteiger partial charge is 0.495 e. The normalized spacial score (nSPS) is 11.6. The number of carbonyl (C=O) groups is 6. The highest BCUT2D eigenvalue weighted by molar-refractivity contribution is 6.02. The third-order valence-electron chi connectivity index (χ3n) is 5.92. The summed E-state index contributed by atoms with van der Waals surface area (Å²) in [7, 11) is 3.82. The topological polar surface area (TPSA) is 199 Å². The molecule has 3 aromatic carbocycles. The van der Waals surface area contributed by atoms with Gasteiger partial charge in [0.05, 0.1) is 38.1 Å². The molecule has 15 nitrogen and oxygen atoms in total. The van der Waals surface area contributed by atoms with Gasteiger partial charge in [0, 0.05) is 13.8 Å². The van der Waals surface area contributed by atoms with E-state index in [1.807, 2.05) is 0 Å². The molecule has 0 spiro atoms. The van der Waals surface area contributed by atoms with E-state index in [1.165, 1.54) is 51.7 Å². The molecule has 0 saturated heterocycles. The van der Waals surface area contributed by atoms with Crippen LogP contribution in [0, 0.1) is 0 Å². The predicted molar refractivity (Wildman–Crippen MR) is 156 cm³/mol. The van der Waals surface area contributed by atoms with Crippen molar-refractivity contribution in [2.24, 2.45) is 0 Å². The minimum atomic E-state index is -2.38. The zero-order valence-corrected chi connectivity index (χ0v) is 25.2. The van der Waals surface area contributed by atoms with Crippen LogP contribution < -0.4 is 29.0 Å². The number of hydrogen-bond donors (Lipinski definition) is 2. The zero-order valence-electron chi connectivity index (χ0n) is 25.2. The minimum absolute atomic E-state index is 0.0236. The summed E-state index contributed by atoms with van der Waals surface area (Å²) in [5, 5.41) is 12.5. The number of nitrogens with one attached hydrogen (secondary N) is 1. The minimum Gasteiger partial charge on any atom is -0.495 e. The molecule has 3 aromatic rings. The number of carbonyl (C=O) groups excluding carboxylic acids is 5. The Kier molecular flexibility index (Phi) is 11.6. The van der Waals surface area contributed by atoms with Crippen molar-refractivity contribution < 1.29 is 67.0 Å². The molecule has 0 aliphatic heterocycles. The van der Waals surface area contributed by atoms with Gasteiger partial charge in [0.25, 0.3) is 5.91 Å². The van der Waals surface area contributed by atoms with Gasteiger partial charge < -0.3 is 43.6 Å². The second-order valence-corrected chi connectivity index (χ2v) is 9.10. The van der Waals surface area contributed by atoms with Crippen molar-refractivity contribution in [1.29, 1.82) is 0 Å². The van der Waals surface area contributed by atoms with E-state index in [9.17, 15) is 33.9 Å². The number of methoxy groups -OCH3 is 3. The summed E-state index contributed by atoms with van der Waals surface area (Å²) >= 11 is 0. The fourth-order valence-electron chi connectivity index (χ4n) is 3.88. The Morgan fingerprint density at radius 1 is 0.609 bits per heavy atom. The number of hydrogen-bond acceptors (Lipinski definition) is 13. The molecule has 0 radical (unpaired) electrons. The number of amides is 1. The van der Waals surface area contributed by atoms with Crippen molar-refractivity contribution in [2.45, 2.75) is 26.1 Å². The number of aliphatic carboxylic acids is 1. The van der Waals surface area contributed by atoms with E-state index in [1.54, 1.807) is 12.1 Å². The van der Waals surface area contributed by atoms with Gasteiger partial charge in [-0.05, 0) is 48.5 Å². The molecule has 0 aliphatic carbocycles. The average Bonchev–Trinajstić information content (AvgIpc) is 3.02. The van der Waals surface area contributed by atoms with Crippen LogP contribution in [0.15, 0.2) is 60.7 Å². The smallest absolute Gasteiger partial charge is 0.349 e. The fraction of sp³-hybridized carbons (Fsp3) is 0.226. The Labute approximate surface area is 261 Å². The second-order valence-electron chi connectivity index (χ2n) is 9.10. The SMILES string of the molecule is COc1ccccc1NC(=O)[C@H](OC(=O)c1ccc(OC(C)=O)c(OC)c1)[C@H](OC(=O)c1ccc(OC(C)=O)c(OC)c1)C(=O)O. The summed E-state index contributed by atoms with van der Waals surface area (Å²) < 4.78 is 36.0. The Balaban J connectivity index is 1.99. The number of esters is 4. The monoisotopic (exact) mass is 639 g/mol. The van der Waals surface area contributed by atoms with Crippen LogP contribution >= 0.6 is 0 Å². The van der Waals surface area contributed by atoms with Gasteiger partial charge in [0.15, 0.2) is 23.0 Å². The highest BCUT2D eigenvalue weighted by Crippen LogP contribution is 2.31. The van der Waals surface area contributed by atoms with Gasteiger partial charge in [0.2, 0.25) is 12.2 Å². The molecule has 242 valence electrons. The highest BCUT2D eigenvalue weighted by Gasteiger charge is 2.41. The quantitative estimate of drug-likeness (QED) is 0.204. The van der Waals surface area contributed by atoms with Crippen LogP contribution in [0.1, 0.15) is 34.6 Å². The van der Waals surface area contributed by atoms with E-state index >= 15 is 0 Å². The molecule has 46 heavy (non-hydrogen) atoms. The van der Waals surface area contributed by atoms with E-state index in [-0.39, 0.29) is 45.6 Å². The average molecular weight is 640 g/mol. The Morgan fingerprint density at radius 2 is 1.07 bits per heavy atom. The number of ether oxygens (including phenoxy) is 7. The van der Waals surface area contributed by atoms with Crippen molar-refractivity contribution >= 4 is 41.4 Å². The Morgan fingerprint density at radius 3 is 1.50 bits per heavy atom. The van der Waals surface area contributed by atoms with Crippen LogP contribution in [0.2, 0.25) is 0 Å². The van der Waals surface area contributed by atoms with E-state index in [2.05, 4.69) is 5.32 Å². The van der Waals surface area contributed by atoms with Gasteiger partial charge >= 0.3 is 29.8 Å². The standard InChI is InChI=1S/C31H29NO14/c1-16(33)43-22-12-10-18(14-24(22)41-4)30(38)45-26(28(35)32-20-8-6-7-9-21(20)40-3)27(29(36)37)46-31(39)19-11-13-23(44-17(2)34)25(15-19)42-5/h6-15,26-27H,1-5H3,(H,32,35)(H,36,37)/t26-,27+/m1/s1. The maximum atomic E-state index is 13.5. The Bertz CT molecular complexity index is 1650. The van der Waals surface area contributed by atoms with Gasteiger partial charge in [-0.2, -0.15) is 0 Å². The van der Waals surface area contributed by atoms with Crippen molar-refractivity contribution in [3.8, 4) is 28.7 Å². The molecule has 2 N–H and O–H groups in total. The maximum absolute atomic E-state index is 13.5. The van der Waals surface area contributed by atoms with E-state index < -0.39 is 48.0 Å². The number of carboxylic acids is 1. The molecule has 0 bridgehead atoms. The first-order chi connectivity index (χ1) is 21.9.